The first-order chi connectivity index (χ1) is 9.33. The predicted octanol–water partition coefficient (Wildman–Crippen LogP) is 1.23. The van der Waals surface area contributed by atoms with Crippen molar-refractivity contribution in [3.05, 3.63) is 15.6 Å². The first-order valence-corrected chi connectivity index (χ1v) is 7.28. The van der Waals surface area contributed by atoms with E-state index in [0.29, 0.717) is 13.0 Å². The molecule has 1 aliphatic rings. The number of ether oxygens (including phenoxy) is 2. The standard InChI is InChI=1S/C13H19N3O2S/c1-17-10-11-12(2-4-14)19-13(15-11)3-5-16-6-8-18-9-7-16/h2-3,5-10H2,1H3. The second-order valence-corrected chi connectivity index (χ2v) is 5.62. The number of aromatic nitrogens is 1. The molecular weight excluding hydrogens is 262 g/mol. The third-order valence-electron chi connectivity index (χ3n) is 3.09. The number of hydrogen-bond donors (Lipinski definition) is 0. The summed E-state index contributed by atoms with van der Waals surface area (Å²) in [5, 5.41) is 9.92. The van der Waals surface area contributed by atoms with Crippen LogP contribution in [0.15, 0.2) is 0 Å². The molecule has 5 nitrogen and oxygen atoms in total. The van der Waals surface area contributed by atoms with Crippen molar-refractivity contribution in [2.45, 2.75) is 19.4 Å². The quantitative estimate of drug-likeness (QED) is 0.785. The van der Waals surface area contributed by atoms with Crippen molar-refractivity contribution in [2.24, 2.45) is 0 Å². The Hall–Kier alpha value is -1.00. The van der Waals surface area contributed by atoms with E-state index in [9.17, 15) is 0 Å². The van der Waals surface area contributed by atoms with E-state index < -0.39 is 0 Å². The van der Waals surface area contributed by atoms with Crippen molar-refractivity contribution in [2.75, 3.05) is 40.0 Å². The van der Waals surface area contributed by atoms with Crippen LogP contribution >= 0.6 is 11.3 Å². The highest BCUT2D eigenvalue weighted by molar-refractivity contribution is 7.11. The van der Waals surface area contributed by atoms with E-state index in [4.69, 9.17) is 14.7 Å². The van der Waals surface area contributed by atoms with Gasteiger partial charge in [0.25, 0.3) is 0 Å². The minimum Gasteiger partial charge on any atom is -0.379 e. The number of hydrogen-bond acceptors (Lipinski definition) is 6. The van der Waals surface area contributed by atoms with Gasteiger partial charge in [0.1, 0.15) is 0 Å². The monoisotopic (exact) mass is 281 g/mol. The van der Waals surface area contributed by atoms with Crippen LogP contribution in [0.4, 0.5) is 0 Å². The zero-order valence-electron chi connectivity index (χ0n) is 11.2. The lowest BCUT2D eigenvalue weighted by atomic mass is 10.3. The summed E-state index contributed by atoms with van der Waals surface area (Å²) in [5.41, 5.74) is 0.922. The Morgan fingerprint density at radius 3 is 2.95 bits per heavy atom. The van der Waals surface area contributed by atoms with Crippen LogP contribution in [0.1, 0.15) is 15.6 Å². The van der Waals surface area contributed by atoms with Crippen molar-refractivity contribution >= 4 is 11.3 Å². The van der Waals surface area contributed by atoms with Gasteiger partial charge in [0.2, 0.25) is 0 Å². The molecule has 1 saturated heterocycles. The lowest BCUT2D eigenvalue weighted by molar-refractivity contribution is 0.0384. The van der Waals surface area contributed by atoms with Crippen LogP contribution in [0.5, 0.6) is 0 Å². The van der Waals surface area contributed by atoms with E-state index in [1.54, 1.807) is 18.4 Å². The lowest BCUT2D eigenvalue weighted by Gasteiger charge is -2.25. The van der Waals surface area contributed by atoms with E-state index in [2.05, 4.69) is 16.0 Å². The highest BCUT2D eigenvalue weighted by Crippen LogP contribution is 2.20. The maximum Gasteiger partial charge on any atom is 0.0945 e. The third kappa shape index (κ3) is 4.25. The Labute approximate surface area is 117 Å². The first-order valence-electron chi connectivity index (χ1n) is 6.47. The van der Waals surface area contributed by atoms with Crippen molar-refractivity contribution in [3.63, 3.8) is 0 Å². The number of nitrogens with zero attached hydrogens (tertiary/aromatic N) is 3. The summed E-state index contributed by atoms with van der Waals surface area (Å²) in [6.45, 7) is 5.15. The third-order valence-corrected chi connectivity index (χ3v) is 4.25. The molecule has 1 fully saturated rings. The zero-order chi connectivity index (χ0) is 13.5. The molecule has 0 radical (unpaired) electrons. The van der Waals surface area contributed by atoms with E-state index in [1.807, 2.05) is 0 Å². The van der Waals surface area contributed by atoms with E-state index in [0.717, 1.165) is 54.8 Å². The maximum absolute atomic E-state index is 8.82. The molecule has 19 heavy (non-hydrogen) atoms. The fourth-order valence-corrected chi connectivity index (χ4v) is 3.07. The topological polar surface area (TPSA) is 58.4 Å². The van der Waals surface area contributed by atoms with Gasteiger partial charge in [-0.05, 0) is 0 Å². The van der Waals surface area contributed by atoms with E-state index >= 15 is 0 Å². The Kier molecular flexibility index (Phi) is 5.73. The molecular formula is C13H19N3O2S. The highest BCUT2D eigenvalue weighted by Gasteiger charge is 2.14. The van der Waals surface area contributed by atoms with Gasteiger partial charge in [0, 0.05) is 38.0 Å². The highest BCUT2D eigenvalue weighted by atomic mass is 32.1. The average Bonchev–Trinajstić information content (AvgIpc) is 2.81. The van der Waals surface area contributed by atoms with Gasteiger partial charge < -0.3 is 9.47 Å². The molecule has 0 bridgehead atoms. The van der Waals surface area contributed by atoms with Crippen LogP contribution in [0.25, 0.3) is 0 Å². The summed E-state index contributed by atoms with van der Waals surface area (Å²) in [5.74, 6) is 0. The van der Waals surface area contributed by atoms with Crippen LogP contribution in [0.2, 0.25) is 0 Å². The molecule has 0 unspecified atom stereocenters. The second-order valence-electron chi connectivity index (χ2n) is 4.45. The summed E-state index contributed by atoms with van der Waals surface area (Å²) in [6.07, 6.45) is 1.36. The molecule has 1 aromatic heterocycles. The summed E-state index contributed by atoms with van der Waals surface area (Å²) in [6, 6.07) is 2.19. The zero-order valence-corrected chi connectivity index (χ0v) is 12.0. The Morgan fingerprint density at radius 2 is 2.26 bits per heavy atom. The van der Waals surface area contributed by atoms with E-state index in [1.165, 1.54) is 0 Å². The van der Waals surface area contributed by atoms with Gasteiger partial charge in [-0.3, -0.25) is 4.90 Å². The molecule has 0 amide bonds. The van der Waals surface area contributed by atoms with Gasteiger partial charge in [-0.2, -0.15) is 5.26 Å². The van der Waals surface area contributed by atoms with Crippen LogP contribution in [-0.4, -0.2) is 49.8 Å². The van der Waals surface area contributed by atoms with Crippen molar-refractivity contribution in [3.8, 4) is 6.07 Å². The molecule has 2 rings (SSSR count). The van der Waals surface area contributed by atoms with Crippen molar-refractivity contribution in [1.82, 2.24) is 9.88 Å². The molecule has 0 N–H and O–H groups in total. The van der Waals surface area contributed by atoms with Crippen LogP contribution in [0.3, 0.4) is 0 Å². The molecule has 0 spiro atoms. The number of morpholine rings is 1. The smallest absolute Gasteiger partial charge is 0.0945 e. The van der Waals surface area contributed by atoms with Gasteiger partial charge in [-0.15, -0.1) is 11.3 Å². The molecule has 0 aromatic carbocycles. The van der Waals surface area contributed by atoms with Crippen LogP contribution < -0.4 is 0 Å². The molecule has 0 atom stereocenters. The molecule has 1 aliphatic heterocycles. The maximum atomic E-state index is 8.82. The largest absolute Gasteiger partial charge is 0.379 e. The normalized spacial score (nSPS) is 16.4. The van der Waals surface area contributed by atoms with Gasteiger partial charge in [0.15, 0.2) is 0 Å². The fraction of sp³-hybridized carbons (Fsp3) is 0.692. The van der Waals surface area contributed by atoms with Gasteiger partial charge in [-0.1, -0.05) is 0 Å². The summed E-state index contributed by atoms with van der Waals surface area (Å²) >= 11 is 1.64. The van der Waals surface area contributed by atoms with Crippen LogP contribution in [-0.2, 0) is 28.9 Å². The average molecular weight is 281 g/mol. The number of thiazole rings is 1. The number of nitriles is 1. The van der Waals surface area contributed by atoms with Crippen molar-refractivity contribution in [1.29, 1.82) is 5.26 Å². The molecule has 0 aliphatic carbocycles. The fourth-order valence-electron chi connectivity index (χ4n) is 2.08. The predicted molar refractivity (Wildman–Crippen MR) is 73.1 cm³/mol. The number of methoxy groups -OCH3 is 1. The van der Waals surface area contributed by atoms with Gasteiger partial charge >= 0.3 is 0 Å². The SMILES string of the molecule is COCc1nc(CCN2CCOCC2)sc1CC#N. The summed E-state index contributed by atoms with van der Waals surface area (Å²) in [7, 11) is 1.66. The molecule has 0 saturated carbocycles. The second kappa shape index (κ2) is 7.56. The minimum absolute atomic E-state index is 0.425. The molecule has 1 aromatic rings. The van der Waals surface area contributed by atoms with Crippen LogP contribution in [0, 0.1) is 11.3 Å². The lowest BCUT2D eigenvalue weighted by Crippen LogP contribution is -2.37. The molecule has 2 heterocycles. The Balaban J connectivity index is 1.92. The van der Waals surface area contributed by atoms with Gasteiger partial charge in [-0.25, -0.2) is 4.98 Å². The molecule has 6 heteroatoms. The summed E-state index contributed by atoms with van der Waals surface area (Å²) in [4.78, 5) is 8.02. The van der Waals surface area contributed by atoms with Gasteiger partial charge in [0.05, 0.1) is 43.0 Å². The van der Waals surface area contributed by atoms with E-state index in [-0.39, 0.29) is 0 Å². The summed E-state index contributed by atoms with van der Waals surface area (Å²) < 4.78 is 10.5. The number of rotatable bonds is 6. The minimum atomic E-state index is 0.425. The Bertz CT molecular complexity index is 436. The first kappa shape index (κ1) is 14.4. The Morgan fingerprint density at radius 1 is 1.47 bits per heavy atom. The van der Waals surface area contributed by atoms with Crippen molar-refractivity contribution < 1.29 is 9.47 Å². The molecule has 104 valence electrons.